The maximum absolute atomic E-state index is 12.3. The van der Waals surface area contributed by atoms with E-state index in [-0.39, 0.29) is 10.8 Å². The lowest BCUT2D eigenvalue weighted by Crippen LogP contribution is -2.44. The molecule has 0 radical (unpaired) electrons. The summed E-state index contributed by atoms with van der Waals surface area (Å²) in [6, 6.07) is 11.3. The number of nitrogens with one attached hydrogen (secondary N) is 2. The monoisotopic (exact) mass is 461 g/mol. The number of benzene rings is 1. The van der Waals surface area contributed by atoms with E-state index < -0.39 is 22.0 Å². The van der Waals surface area contributed by atoms with Crippen LogP contribution in [0.3, 0.4) is 0 Å². The number of nitrogens with zero attached hydrogens (tertiary/aromatic N) is 1. The van der Waals surface area contributed by atoms with Gasteiger partial charge in [0.05, 0.1) is 13.2 Å². The first kappa shape index (κ1) is 22.7. The van der Waals surface area contributed by atoms with E-state index in [0.717, 1.165) is 22.5 Å². The molecule has 1 amide bonds. The second kappa shape index (κ2) is 10.4. The Hall–Kier alpha value is -2.95. The number of hydrogen-bond acceptors (Lipinski definition) is 7. The molecule has 31 heavy (non-hydrogen) atoms. The molecule has 1 aromatic carbocycles. The maximum atomic E-state index is 12.3. The minimum atomic E-state index is -3.72. The van der Waals surface area contributed by atoms with Gasteiger partial charge in [0.2, 0.25) is 5.91 Å². The zero-order valence-electron chi connectivity index (χ0n) is 17.1. The predicted octanol–water partition coefficient (Wildman–Crippen LogP) is 2.71. The molecule has 10 heteroatoms. The Morgan fingerprint density at radius 1 is 1.13 bits per heavy atom. The number of carbonyl (C=O) groups is 1. The van der Waals surface area contributed by atoms with Gasteiger partial charge < -0.3 is 14.8 Å². The summed E-state index contributed by atoms with van der Waals surface area (Å²) in [7, 11) is -2.18. The summed E-state index contributed by atoms with van der Waals surface area (Å²) in [5.41, 5.74) is 1.77. The molecule has 3 rings (SSSR count). The molecule has 0 saturated heterocycles. The van der Waals surface area contributed by atoms with Crippen molar-refractivity contribution < 1.29 is 22.7 Å². The minimum absolute atomic E-state index is 0.166. The molecule has 8 nitrogen and oxygen atoms in total. The zero-order valence-corrected chi connectivity index (χ0v) is 18.7. The second-order valence-electron chi connectivity index (χ2n) is 6.62. The van der Waals surface area contributed by atoms with E-state index >= 15 is 0 Å². The molecule has 0 bridgehead atoms. The second-order valence-corrected chi connectivity index (χ2v) is 9.51. The summed E-state index contributed by atoms with van der Waals surface area (Å²) >= 11 is 1.09. The van der Waals surface area contributed by atoms with Crippen molar-refractivity contribution in [3.8, 4) is 11.5 Å². The van der Waals surface area contributed by atoms with Crippen LogP contribution in [0.25, 0.3) is 0 Å². The van der Waals surface area contributed by atoms with Crippen LogP contribution in [0.2, 0.25) is 0 Å². The van der Waals surface area contributed by atoms with E-state index in [4.69, 9.17) is 9.47 Å². The fourth-order valence-corrected chi connectivity index (χ4v) is 4.90. The van der Waals surface area contributed by atoms with Crippen molar-refractivity contribution in [2.24, 2.45) is 0 Å². The molecule has 0 spiro atoms. The third kappa shape index (κ3) is 6.27. The van der Waals surface area contributed by atoms with Crippen molar-refractivity contribution >= 4 is 27.3 Å². The highest BCUT2D eigenvalue weighted by Crippen LogP contribution is 2.28. The molecule has 164 valence electrons. The zero-order chi connectivity index (χ0) is 22.3. The SMILES string of the molecule is COc1cc(CNC(=O)C(C)NS(=O)(=O)c2cccs2)ccc1OCc1ccncc1. The van der Waals surface area contributed by atoms with Crippen LogP contribution in [0.15, 0.2) is 64.4 Å². The third-order valence-corrected chi connectivity index (χ3v) is 7.26. The van der Waals surface area contributed by atoms with E-state index in [2.05, 4.69) is 15.0 Å². The van der Waals surface area contributed by atoms with Gasteiger partial charge in [-0.25, -0.2) is 8.42 Å². The average Bonchev–Trinajstić information content (AvgIpc) is 3.32. The highest BCUT2D eigenvalue weighted by Gasteiger charge is 2.22. The standard InChI is InChI=1S/C21H23N3O5S2/c1-15(24-31(26,27)20-4-3-11-30-20)21(25)23-13-17-5-6-18(19(12-17)28-2)29-14-16-7-9-22-10-8-16/h3-12,15,24H,13-14H2,1-2H3,(H,23,25). The molecule has 2 heterocycles. The van der Waals surface area contributed by atoms with E-state index in [1.807, 2.05) is 18.2 Å². The molecular weight excluding hydrogens is 438 g/mol. The van der Waals surface area contributed by atoms with Gasteiger partial charge in [-0.3, -0.25) is 9.78 Å². The highest BCUT2D eigenvalue weighted by atomic mass is 32.2. The lowest BCUT2D eigenvalue weighted by Gasteiger charge is -2.15. The first-order chi connectivity index (χ1) is 14.9. The van der Waals surface area contributed by atoms with E-state index in [1.165, 1.54) is 13.0 Å². The number of rotatable bonds is 10. The van der Waals surface area contributed by atoms with Gasteiger partial charge in [0.1, 0.15) is 10.8 Å². The summed E-state index contributed by atoms with van der Waals surface area (Å²) < 4.78 is 38.3. The number of ether oxygens (including phenoxy) is 2. The Bertz CT molecular complexity index is 1100. The minimum Gasteiger partial charge on any atom is -0.493 e. The summed E-state index contributed by atoms with van der Waals surface area (Å²) in [5, 5.41) is 4.39. The molecule has 0 aliphatic heterocycles. The van der Waals surface area contributed by atoms with E-state index in [9.17, 15) is 13.2 Å². The number of thiophene rings is 1. The van der Waals surface area contributed by atoms with Crippen LogP contribution in [0.1, 0.15) is 18.1 Å². The lowest BCUT2D eigenvalue weighted by molar-refractivity contribution is -0.122. The molecule has 0 aliphatic rings. The summed E-state index contributed by atoms with van der Waals surface area (Å²) in [6.45, 7) is 2.08. The van der Waals surface area contributed by atoms with Crippen LogP contribution in [-0.2, 0) is 28.0 Å². The molecule has 0 fully saturated rings. The van der Waals surface area contributed by atoms with Gasteiger partial charge in [-0.05, 0) is 53.8 Å². The number of hydrogen-bond donors (Lipinski definition) is 2. The van der Waals surface area contributed by atoms with Crippen molar-refractivity contribution in [1.82, 2.24) is 15.0 Å². The Morgan fingerprint density at radius 2 is 1.90 bits per heavy atom. The summed E-state index contributed by atoms with van der Waals surface area (Å²) in [6.07, 6.45) is 3.40. The Morgan fingerprint density at radius 3 is 2.58 bits per heavy atom. The fourth-order valence-electron chi connectivity index (χ4n) is 2.68. The van der Waals surface area contributed by atoms with Crippen LogP contribution in [0.5, 0.6) is 11.5 Å². The van der Waals surface area contributed by atoms with Gasteiger partial charge in [0.15, 0.2) is 11.5 Å². The van der Waals surface area contributed by atoms with Crippen LogP contribution in [0.4, 0.5) is 0 Å². The Labute approximate surface area is 185 Å². The number of aromatic nitrogens is 1. The van der Waals surface area contributed by atoms with Crippen LogP contribution in [-0.4, -0.2) is 32.5 Å². The van der Waals surface area contributed by atoms with Gasteiger partial charge in [0.25, 0.3) is 10.0 Å². The van der Waals surface area contributed by atoms with Crippen molar-refractivity contribution in [2.75, 3.05) is 7.11 Å². The van der Waals surface area contributed by atoms with Crippen LogP contribution in [0, 0.1) is 0 Å². The molecule has 3 aromatic rings. The molecule has 2 N–H and O–H groups in total. The maximum Gasteiger partial charge on any atom is 0.250 e. The van der Waals surface area contributed by atoms with Gasteiger partial charge in [-0.1, -0.05) is 12.1 Å². The quantitative estimate of drug-likeness (QED) is 0.481. The predicted molar refractivity (Wildman–Crippen MR) is 118 cm³/mol. The van der Waals surface area contributed by atoms with Crippen molar-refractivity contribution in [3.05, 3.63) is 71.4 Å². The summed E-state index contributed by atoms with van der Waals surface area (Å²) in [5.74, 6) is 0.677. The smallest absolute Gasteiger partial charge is 0.250 e. The number of amides is 1. The first-order valence-corrected chi connectivity index (χ1v) is 11.8. The van der Waals surface area contributed by atoms with Crippen molar-refractivity contribution in [1.29, 1.82) is 0 Å². The number of pyridine rings is 1. The average molecular weight is 462 g/mol. The van der Waals surface area contributed by atoms with Gasteiger partial charge in [0, 0.05) is 18.9 Å². The topological polar surface area (TPSA) is 107 Å². The van der Waals surface area contributed by atoms with Crippen LogP contribution >= 0.6 is 11.3 Å². The molecule has 0 aliphatic carbocycles. The third-order valence-electron chi connectivity index (χ3n) is 4.32. The Balaban J connectivity index is 1.56. The fraction of sp³-hybridized carbons (Fsp3) is 0.238. The van der Waals surface area contributed by atoms with Gasteiger partial charge >= 0.3 is 0 Å². The largest absolute Gasteiger partial charge is 0.493 e. The normalized spacial score (nSPS) is 12.2. The molecule has 1 unspecified atom stereocenters. The highest BCUT2D eigenvalue weighted by molar-refractivity contribution is 7.91. The van der Waals surface area contributed by atoms with Gasteiger partial charge in [-0.15, -0.1) is 11.3 Å². The number of sulfonamides is 1. The number of carbonyl (C=O) groups excluding carboxylic acids is 1. The van der Waals surface area contributed by atoms with Crippen molar-refractivity contribution in [2.45, 2.75) is 30.3 Å². The Kier molecular flexibility index (Phi) is 7.61. The number of methoxy groups -OCH3 is 1. The lowest BCUT2D eigenvalue weighted by atomic mass is 10.2. The van der Waals surface area contributed by atoms with Gasteiger partial charge in [-0.2, -0.15) is 4.72 Å². The van der Waals surface area contributed by atoms with E-state index in [0.29, 0.717) is 18.1 Å². The van der Waals surface area contributed by atoms with E-state index in [1.54, 1.807) is 43.1 Å². The molecule has 0 saturated carbocycles. The first-order valence-electron chi connectivity index (χ1n) is 9.41. The molecular formula is C21H23N3O5S2. The van der Waals surface area contributed by atoms with Crippen molar-refractivity contribution in [3.63, 3.8) is 0 Å². The molecule has 2 aromatic heterocycles. The molecule has 1 atom stereocenters. The summed E-state index contributed by atoms with van der Waals surface area (Å²) in [4.78, 5) is 16.3. The van der Waals surface area contributed by atoms with Crippen LogP contribution < -0.4 is 19.5 Å².